The summed E-state index contributed by atoms with van der Waals surface area (Å²) >= 11 is 0. The van der Waals surface area contributed by atoms with Gasteiger partial charge in [-0.15, -0.1) is 0 Å². The van der Waals surface area contributed by atoms with Crippen LogP contribution in [-0.4, -0.2) is 19.0 Å². The minimum atomic E-state index is -0.748. The molecule has 0 saturated carbocycles. The highest BCUT2D eigenvalue weighted by Gasteiger charge is 2.43. The Morgan fingerprint density at radius 3 is 3.11 bits per heavy atom. The van der Waals surface area contributed by atoms with Gasteiger partial charge in [-0.05, 0) is 31.5 Å². The van der Waals surface area contributed by atoms with Crippen molar-refractivity contribution in [2.24, 2.45) is 10.7 Å². The number of aliphatic imine (C=N–C) groups is 1. The molecular formula is C13H16N2O3. The van der Waals surface area contributed by atoms with Crippen molar-refractivity contribution in [2.75, 3.05) is 13.2 Å². The minimum absolute atomic E-state index is 0.483. The molecule has 0 amide bonds. The normalized spacial score (nSPS) is 25.9. The van der Waals surface area contributed by atoms with Crippen LogP contribution in [0.4, 0.5) is 0 Å². The van der Waals surface area contributed by atoms with Gasteiger partial charge in [0.15, 0.2) is 0 Å². The van der Waals surface area contributed by atoms with Crippen LogP contribution in [0.3, 0.4) is 0 Å². The maximum absolute atomic E-state index is 5.98. The molecule has 5 heteroatoms. The average molecular weight is 248 g/mol. The molecule has 1 fully saturated rings. The first-order valence-corrected chi connectivity index (χ1v) is 6.19. The van der Waals surface area contributed by atoms with E-state index in [0.717, 1.165) is 29.7 Å². The predicted octanol–water partition coefficient (Wildman–Crippen LogP) is 1.70. The summed E-state index contributed by atoms with van der Waals surface area (Å²) in [7, 11) is 0. The Bertz CT molecular complexity index is 493. The molecule has 3 rings (SSSR count). The largest absolute Gasteiger partial charge is 0.494 e. The molecule has 1 atom stereocenters. The second-order valence-corrected chi connectivity index (χ2v) is 4.43. The van der Waals surface area contributed by atoms with Gasteiger partial charge in [-0.1, -0.05) is 0 Å². The van der Waals surface area contributed by atoms with Crippen LogP contribution < -0.4 is 10.5 Å². The lowest BCUT2D eigenvalue weighted by Crippen LogP contribution is -2.30. The molecule has 96 valence electrons. The van der Waals surface area contributed by atoms with Crippen molar-refractivity contribution in [3.8, 4) is 5.75 Å². The molecule has 2 aliphatic rings. The maximum atomic E-state index is 5.98. The first-order valence-electron chi connectivity index (χ1n) is 6.19. The third-order valence-corrected chi connectivity index (χ3v) is 3.24. The van der Waals surface area contributed by atoms with Crippen molar-refractivity contribution in [2.45, 2.75) is 25.5 Å². The van der Waals surface area contributed by atoms with Crippen molar-refractivity contribution in [3.05, 3.63) is 29.3 Å². The van der Waals surface area contributed by atoms with Crippen LogP contribution in [0.5, 0.6) is 5.75 Å². The number of nitrogens with two attached hydrogens (primary N) is 1. The Balaban J connectivity index is 2.02. The Hall–Kier alpha value is -1.59. The zero-order valence-corrected chi connectivity index (χ0v) is 10.3. The molecule has 18 heavy (non-hydrogen) atoms. The summed E-state index contributed by atoms with van der Waals surface area (Å²) < 4.78 is 5.47. The van der Waals surface area contributed by atoms with E-state index in [9.17, 15) is 0 Å². The molecule has 2 N–H and O–H groups in total. The lowest BCUT2D eigenvalue weighted by atomic mass is 9.96. The lowest BCUT2D eigenvalue weighted by Gasteiger charge is -2.29. The molecule has 1 saturated heterocycles. The Labute approximate surface area is 105 Å². The van der Waals surface area contributed by atoms with E-state index < -0.39 is 5.72 Å². The number of rotatable bonds is 2. The fourth-order valence-electron chi connectivity index (χ4n) is 2.45. The van der Waals surface area contributed by atoms with Gasteiger partial charge in [0, 0.05) is 17.5 Å². The summed E-state index contributed by atoms with van der Waals surface area (Å²) in [5.41, 5.74) is 7.07. The highest BCUT2D eigenvalue weighted by molar-refractivity contribution is 6.02. The van der Waals surface area contributed by atoms with Crippen molar-refractivity contribution in [1.82, 2.24) is 0 Å². The zero-order chi connectivity index (χ0) is 12.6. The third-order valence-electron chi connectivity index (χ3n) is 3.24. The van der Waals surface area contributed by atoms with Crippen LogP contribution in [0.15, 0.2) is 23.2 Å². The van der Waals surface area contributed by atoms with Gasteiger partial charge in [-0.25, -0.2) is 14.8 Å². The topological polar surface area (TPSA) is 66.1 Å². The number of nitrogens with zero attached hydrogens (tertiary/aromatic N) is 1. The molecule has 1 spiro atoms. The zero-order valence-electron chi connectivity index (χ0n) is 10.3. The van der Waals surface area contributed by atoms with Gasteiger partial charge in [0.25, 0.3) is 0 Å². The fraction of sp³-hybridized carbons (Fsp3) is 0.462. The van der Waals surface area contributed by atoms with E-state index in [2.05, 4.69) is 4.99 Å². The van der Waals surface area contributed by atoms with Gasteiger partial charge < -0.3 is 10.5 Å². The van der Waals surface area contributed by atoms with E-state index >= 15 is 0 Å². The number of amidine groups is 1. The number of hydrogen-bond donors (Lipinski definition) is 1. The summed E-state index contributed by atoms with van der Waals surface area (Å²) in [6.07, 6.45) is 1.69. The van der Waals surface area contributed by atoms with Crippen LogP contribution in [0.25, 0.3) is 0 Å². The van der Waals surface area contributed by atoms with Crippen LogP contribution >= 0.6 is 0 Å². The van der Waals surface area contributed by atoms with E-state index in [1.807, 2.05) is 25.1 Å². The molecule has 5 nitrogen and oxygen atoms in total. The van der Waals surface area contributed by atoms with E-state index in [-0.39, 0.29) is 0 Å². The first kappa shape index (κ1) is 11.5. The van der Waals surface area contributed by atoms with Crippen LogP contribution in [0, 0.1) is 0 Å². The van der Waals surface area contributed by atoms with Crippen molar-refractivity contribution in [3.63, 3.8) is 0 Å². The van der Waals surface area contributed by atoms with Crippen LogP contribution in [0.1, 0.15) is 30.9 Å². The summed E-state index contributed by atoms with van der Waals surface area (Å²) in [5, 5.41) is 0. The Kier molecular flexibility index (Phi) is 2.72. The number of fused-ring (bicyclic) bond motifs is 2. The quantitative estimate of drug-likeness (QED) is 0.809. The van der Waals surface area contributed by atoms with E-state index in [4.69, 9.17) is 20.2 Å². The van der Waals surface area contributed by atoms with Crippen LogP contribution in [0.2, 0.25) is 0 Å². The van der Waals surface area contributed by atoms with E-state index in [0.29, 0.717) is 19.0 Å². The smallest absolute Gasteiger partial charge is 0.221 e. The van der Waals surface area contributed by atoms with Crippen LogP contribution in [-0.2, 0) is 15.5 Å². The van der Waals surface area contributed by atoms with E-state index in [1.54, 1.807) is 0 Å². The summed E-state index contributed by atoms with van der Waals surface area (Å²) in [5.74, 6) is 1.28. The van der Waals surface area contributed by atoms with Gasteiger partial charge in [0.05, 0.1) is 13.2 Å². The molecule has 2 aliphatic heterocycles. The highest BCUT2D eigenvalue weighted by Crippen LogP contribution is 2.42. The van der Waals surface area contributed by atoms with Gasteiger partial charge in [0.2, 0.25) is 5.72 Å². The SMILES string of the molecule is CCOc1ccc2c(c1)C(N)=NC21CCCOO1. The second-order valence-electron chi connectivity index (χ2n) is 4.43. The molecule has 1 aromatic carbocycles. The molecule has 0 aliphatic carbocycles. The number of hydrogen-bond acceptors (Lipinski definition) is 5. The van der Waals surface area contributed by atoms with E-state index in [1.165, 1.54) is 0 Å². The molecule has 0 aromatic heterocycles. The van der Waals surface area contributed by atoms with Gasteiger partial charge >= 0.3 is 0 Å². The molecule has 2 heterocycles. The standard InChI is InChI=1S/C13H16N2O3/c1-2-16-9-4-5-11-10(8-9)12(14)15-13(11)6-3-7-17-18-13/h4-5,8H,2-3,6-7H2,1H3,(H2,14,15). The summed E-state index contributed by atoms with van der Waals surface area (Å²) in [6.45, 7) is 3.17. The Morgan fingerprint density at radius 1 is 1.50 bits per heavy atom. The van der Waals surface area contributed by atoms with Crippen molar-refractivity contribution >= 4 is 5.84 Å². The molecular weight excluding hydrogens is 232 g/mol. The fourth-order valence-corrected chi connectivity index (χ4v) is 2.45. The maximum Gasteiger partial charge on any atom is 0.221 e. The molecule has 0 bridgehead atoms. The first-order chi connectivity index (χ1) is 8.75. The molecule has 1 aromatic rings. The van der Waals surface area contributed by atoms with Crippen molar-refractivity contribution < 1.29 is 14.5 Å². The lowest BCUT2D eigenvalue weighted by molar-refractivity contribution is -0.386. The monoisotopic (exact) mass is 248 g/mol. The van der Waals surface area contributed by atoms with Gasteiger partial charge in [-0.2, -0.15) is 0 Å². The van der Waals surface area contributed by atoms with Gasteiger partial charge in [-0.3, -0.25) is 0 Å². The van der Waals surface area contributed by atoms with Crippen molar-refractivity contribution in [1.29, 1.82) is 0 Å². The average Bonchev–Trinajstić information content (AvgIpc) is 2.64. The number of ether oxygens (including phenoxy) is 1. The number of benzene rings is 1. The predicted molar refractivity (Wildman–Crippen MR) is 66.3 cm³/mol. The molecule has 0 radical (unpaired) electrons. The summed E-state index contributed by atoms with van der Waals surface area (Å²) in [4.78, 5) is 15.0. The third kappa shape index (κ3) is 1.67. The minimum Gasteiger partial charge on any atom is -0.494 e. The second kappa shape index (κ2) is 4.26. The molecule has 1 unspecified atom stereocenters. The highest BCUT2D eigenvalue weighted by atomic mass is 17.2. The Morgan fingerprint density at radius 2 is 2.39 bits per heavy atom. The summed E-state index contributed by atoms with van der Waals surface area (Å²) in [6, 6.07) is 5.78. The van der Waals surface area contributed by atoms with Gasteiger partial charge in [0.1, 0.15) is 11.6 Å².